The second kappa shape index (κ2) is 6.91. The third kappa shape index (κ3) is 3.21. The van der Waals surface area contributed by atoms with Crippen molar-refractivity contribution in [1.29, 1.82) is 0 Å². The monoisotopic (exact) mass is 333 g/mol. The highest BCUT2D eigenvalue weighted by molar-refractivity contribution is 5.65. The van der Waals surface area contributed by atoms with Crippen molar-refractivity contribution >= 4 is 17.7 Å². The molecule has 2 aromatic heterocycles. The molecule has 1 saturated heterocycles. The molecule has 8 nitrogen and oxygen atoms in total. The Hall–Kier alpha value is -2.55. The zero-order valence-electron chi connectivity index (χ0n) is 13.7. The molecular formula is C15H20FN7O. The van der Waals surface area contributed by atoms with Crippen LogP contribution in [0.5, 0.6) is 0 Å². The molecule has 0 radical (unpaired) electrons. The number of rotatable bonds is 4. The molecule has 0 spiro atoms. The van der Waals surface area contributed by atoms with Crippen molar-refractivity contribution in [3.05, 3.63) is 18.2 Å². The number of halogens is 1. The van der Waals surface area contributed by atoms with Crippen molar-refractivity contribution < 1.29 is 9.13 Å². The van der Waals surface area contributed by atoms with Gasteiger partial charge in [-0.25, -0.2) is 19.3 Å². The van der Waals surface area contributed by atoms with Crippen LogP contribution >= 0.6 is 0 Å². The minimum atomic E-state index is -0.533. The summed E-state index contributed by atoms with van der Waals surface area (Å²) < 4.78 is 20.2. The summed E-state index contributed by atoms with van der Waals surface area (Å²) >= 11 is 0. The lowest BCUT2D eigenvalue weighted by Crippen LogP contribution is -2.44. The quantitative estimate of drug-likeness (QED) is 0.863. The van der Waals surface area contributed by atoms with Gasteiger partial charge >= 0.3 is 0 Å². The number of hydrogen-bond acceptors (Lipinski definition) is 8. The summed E-state index contributed by atoms with van der Waals surface area (Å²) in [6, 6.07) is 0.106. The molecule has 1 aliphatic heterocycles. The standard InChI is InChI=1S/C15H20FN7O/c1-3-18-13-11(16)12(10-6-19-14(17)20-7-10)21-15(22-13)23-4-5-24-8-9(23)2/h6-7,9H,3-5,8H2,1-2H3,(H2,17,19,20)(H,18,21,22)/t9-/m0/s1. The maximum absolute atomic E-state index is 14.8. The Kier molecular flexibility index (Phi) is 4.70. The van der Waals surface area contributed by atoms with E-state index in [1.54, 1.807) is 0 Å². The third-order valence-electron chi connectivity index (χ3n) is 3.75. The van der Waals surface area contributed by atoms with Crippen molar-refractivity contribution in [3.8, 4) is 11.3 Å². The fourth-order valence-corrected chi connectivity index (χ4v) is 2.52. The van der Waals surface area contributed by atoms with E-state index in [9.17, 15) is 4.39 Å². The zero-order valence-corrected chi connectivity index (χ0v) is 13.7. The van der Waals surface area contributed by atoms with Gasteiger partial charge in [-0.15, -0.1) is 0 Å². The molecule has 1 fully saturated rings. The van der Waals surface area contributed by atoms with E-state index in [0.717, 1.165) is 0 Å². The Morgan fingerprint density at radius 2 is 2.12 bits per heavy atom. The third-order valence-corrected chi connectivity index (χ3v) is 3.75. The summed E-state index contributed by atoms with van der Waals surface area (Å²) in [4.78, 5) is 18.6. The fraction of sp³-hybridized carbons (Fsp3) is 0.467. The fourth-order valence-electron chi connectivity index (χ4n) is 2.52. The van der Waals surface area contributed by atoms with Gasteiger partial charge in [0.15, 0.2) is 11.6 Å². The Balaban J connectivity index is 2.08. The highest BCUT2D eigenvalue weighted by Gasteiger charge is 2.25. The number of anilines is 3. The maximum Gasteiger partial charge on any atom is 0.228 e. The van der Waals surface area contributed by atoms with Gasteiger partial charge in [0, 0.05) is 31.0 Å². The van der Waals surface area contributed by atoms with Gasteiger partial charge in [-0.3, -0.25) is 0 Å². The topological polar surface area (TPSA) is 102 Å². The van der Waals surface area contributed by atoms with Crippen LogP contribution in [0.1, 0.15) is 13.8 Å². The lowest BCUT2D eigenvalue weighted by Gasteiger charge is -2.33. The van der Waals surface area contributed by atoms with E-state index in [2.05, 4.69) is 25.3 Å². The first kappa shape index (κ1) is 16.3. The molecule has 3 rings (SSSR count). The predicted molar refractivity (Wildman–Crippen MR) is 89.2 cm³/mol. The highest BCUT2D eigenvalue weighted by atomic mass is 19.1. The van der Waals surface area contributed by atoms with Gasteiger partial charge in [0.25, 0.3) is 0 Å². The number of hydrogen-bond donors (Lipinski definition) is 2. The molecule has 0 amide bonds. The summed E-state index contributed by atoms with van der Waals surface area (Å²) in [5.74, 6) is 0.208. The largest absolute Gasteiger partial charge is 0.377 e. The first-order chi connectivity index (χ1) is 11.6. The molecule has 9 heteroatoms. The number of morpholine rings is 1. The van der Waals surface area contributed by atoms with E-state index in [4.69, 9.17) is 10.5 Å². The van der Waals surface area contributed by atoms with Gasteiger partial charge in [0.1, 0.15) is 5.69 Å². The summed E-state index contributed by atoms with van der Waals surface area (Å²) in [7, 11) is 0. The highest BCUT2D eigenvalue weighted by Crippen LogP contribution is 2.28. The average molecular weight is 333 g/mol. The van der Waals surface area contributed by atoms with Crippen LogP contribution in [-0.4, -0.2) is 52.3 Å². The van der Waals surface area contributed by atoms with Gasteiger partial charge in [-0.2, -0.15) is 4.98 Å². The number of aromatic nitrogens is 4. The van der Waals surface area contributed by atoms with E-state index in [-0.39, 0.29) is 23.5 Å². The van der Waals surface area contributed by atoms with Crippen LogP contribution in [0.4, 0.5) is 22.1 Å². The molecule has 0 bridgehead atoms. The molecule has 128 valence electrons. The molecular weight excluding hydrogens is 313 g/mol. The number of nitrogen functional groups attached to an aromatic ring is 1. The molecule has 0 aromatic carbocycles. The first-order valence-corrected chi connectivity index (χ1v) is 7.83. The number of nitrogens with one attached hydrogen (secondary N) is 1. The Morgan fingerprint density at radius 1 is 1.38 bits per heavy atom. The van der Waals surface area contributed by atoms with Crippen LogP contribution in [0.2, 0.25) is 0 Å². The van der Waals surface area contributed by atoms with Crippen LogP contribution in [0, 0.1) is 5.82 Å². The number of nitrogens with zero attached hydrogens (tertiary/aromatic N) is 5. The maximum atomic E-state index is 14.8. The SMILES string of the molecule is CCNc1nc(N2CCOC[C@@H]2C)nc(-c2cnc(N)nc2)c1F. The van der Waals surface area contributed by atoms with E-state index in [0.29, 0.717) is 37.8 Å². The Bertz CT molecular complexity index is 710. The summed E-state index contributed by atoms with van der Waals surface area (Å²) in [6.45, 7) is 6.26. The van der Waals surface area contributed by atoms with Crippen molar-refractivity contribution in [2.45, 2.75) is 19.9 Å². The predicted octanol–water partition coefficient (Wildman–Crippen LogP) is 1.31. The molecule has 24 heavy (non-hydrogen) atoms. The minimum absolute atomic E-state index is 0.106. The minimum Gasteiger partial charge on any atom is -0.377 e. The van der Waals surface area contributed by atoms with Crippen LogP contribution in [-0.2, 0) is 4.74 Å². The zero-order chi connectivity index (χ0) is 17.1. The van der Waals surface area contributed by atoms with Crippen LogP contribution in [0.15, 0.2) is 12.4 Å². The summed E-state index contributed by atoms with van der Waals surface area (Å²) in [5, 5.41) is 2.94. The average Bonchev–Trinajstić information content (AvgIpc) is 2.58. The van der Waals surface area contributed by atoms with E-state index >= 15 is 0 Å². The van der Waals surface area contributed by atoms with Crippen molar-refractivity contribution in [2.75, 3.05) is 42.3 Å². The molecule has 1 aliphatic rings. The number of nitrogens with two attached hydrogens (primary N) is 1. The van der Waals surface area contributed by atoms with Crippen molar-refractivity contribution in [3.63, 3.8) is 0 Å². The van der Waals surface area contributed by atoms with Gasteiger partial charge in [0.2, 0.25) is 11.9 Å². The van der Waals surface area contributed by atoms with Crippen molar-refractivity contribution in [1.82, 2.24) is 19.9 Å². The van der Waals surface area contributed by atoms with E-state index in [1.165, 1.54) is 12.4 Å². The molecule has 0 aliphatic carbocycles. The second-order valence-corrected chi connectivity index (χ2v) is 5.51. The normalized spacial score (nSPS) is 17.8. The van der Waals surface area contributed by atoms with Gasteiger partial charge in [0.05, 0.1) is 19.3 Å². The molecule has 3 N–H and O–H groups in total. The molecule has 2 aromatic rings. The second-order valence-electron chi connectivity index (χ2n) is 5.51. The van der Waals surface area contributed by atoms with Gasteiger partial charge in [-0.05, 0) is 13.8 Å². The van der Waals surface area contributed by atoms with E-state index < -0.39 is 5.82 Å². The van der Waals surface area contributed by atoms with Crippen LogP contribution < -0.4 is 16.0 Å². The Morgan fingerprint density at radius 3 is 2.79 bits per heavy atom. The van der Waals surface area contributed by atoms with Gasteiger partial charge < -0.3 is 20.7 Å². The molecule has 1 atom stereocenters. The lowest BCUT2D eigenvalue weighted by molar-refractivity contribution is 0.0981. The summed E-state index contributed by atoms with van der Waals surface area (Å²) in [5.41, 5.74) is 6.10. The molecule has 0 saturated carbocycles. The Labute approximate surface area is 139 Å². The summed E-state index contributed by atoms with van der Waals surface area (Å²) in [6.07, 6.45) is 2.91. The van der Waals surface area contributed by atoms with Crippen molar-refractivity contribution in [2.24, 2.45) is 0 Å². The van der Waals surface area contributed by atoms with Gasteiger partial charge in [-0.1, -0.05) is 0 Å². The first-order valence-electron chi connectivity index (χ1n) is 7.83. The van der Waals surface area contributed by atoms with Crippen LogP contribution in [0.25, 0.3) is 11.3 Å². The number of ether oxygens (including phenoxy) is 1. The lowest BCUT2D eigenvalue weighted by atomic mass is 10.2. The molecule has 3 heterocycles. The van der Waals surface area contributed by atoms with Crippen LogP contribution in [0.3, 0.4) is 0 Å². The van der Waals surface area contributed by atoms with E-state index in [1.807, 2.05) is 18.7 Å². The molecule has 0 unspecified atom stereocenters. The smallest absolute Gasteiger partial charge is 0.228 e.